The number of carbonyl (C=O) groups is 1. The smallest absolute Gasteiger partial charge is 0.254 e. The number of halogens is 1. The molecule has 1 aromatic heterocycles. The second-order valence-corrected chi connectivity index (χ2v) is 9.76. The number of carbonyl (C=O) groups excluding carboxylic acids is 1. The molecule has 1 aromatic carbocycles. The van der Waals surface area contributed by atoms with Crippen LogP contribution < -0.4 is 4.72 Å². The van der Waals surface area contributed by atoms with Crippen molar-refractivity contribution >= 4 is 27.5 Å². The Morgan fingerprint density at radius 2 is 2.07 bits per heavy atom. The Morgan fingerprint density at radius 3 is 2.73 bits per heavy atom. The molecule has 0 radical (unpaired) electrons. The molecular formula is C21H24ClN3O4S. The summed E-state index contributed by atoms with van der Waals surface area (Å²) < 4.78 is 33.6. The quantitative estimate of drug-likeness (QED) is 0.669. The average molecular weight is 450 g/mol. The molecule has 1 atom stereocenters. The molecule has 7 nitrogen and oxygen atoms in total. The molecule has 2 fully saturated rings. The van der Waals surface area contributed by atoms with E-state index in [1.165, 1.54) is 12.1 Å². The SMILES string of the molecule is O=C(c1ccc(Cl)c(S(=O)(=O)NCC2CCCO2)c1)N(Cc1ccccn1)C1CC1. The van der Waals surface area contributed by atoms with Crippen LogP contribution in [-0.4, -0.2) is 49.5 Å². The standard InChI is InChI=1S/C21H24ClN3O4S/c22-19-9-6-15(12-20(19)30(27,28)24-13-18-5-3-11-29-18)21(26)25(17-7-8-17)14-16-4-1-2-10-23-16/h1-2,4,6,9-10,12,17-18,24H,3,5,7-8,11,13-14H2. The van der Waals surface area contributed by atoms with E-state index in [0.29, 0.717) is 18.7 Å². The van der Waals surface area contributed by atoms with Crippen LogP contribution in [0.15, 0.2) is 47.5 Å². The maximum absolute atomic E-state index is 13.2. The minimum absolute atomic E-state index is 0.0779. The number of ether oxygens (including phenoxy) is 1. The number of rotatable bonds is 8. The molecule has 2 heterocycles. The Morgan fingerprint density at radius 1 is 1.23 bits per heavy atom. The van der Waals surface area contributed by atoms with Gasteiger partial charge in [0.05, 0.1) is 23.4 Å². The lowest BCUT2D eigenvalue weighted by atomic mass is 10.2. The molecule has 9 heteroatoms. The Hall–Kier alpha value is -2.00. The number of sulfonamides is 1. The number of aromatic nitrogens is 1. The second-order valence-electron chi connectivity index (χ2n) is 7.62. The lowest BCUT2D eigenvalue weighted by Crippen LogP contribution is -2.34. The first-order valence-corrected chi connectivity index (χ1v) is 11.9. The van der Waals surface area contributed by atoms with Gasteiger partial charge in [0.25, 0.3) is 5.91 Å². The van der Waals surface area contributed by atoms with Crippen LogP contribution in [0.1, 0.15) is 41.7 Å². The zero-order valence-electron chi connectivity index (χ0n) is 16.5. The zero-order valence-corrected chi connectivity index (χ0v) is 18.0. The van der Waals surface area contributed by atoms with Gasteiger partial charge in [-0.05, 0) is 56.0 Å². The van der Waals surface area contributed by atoms with Crippen LogP contribution in [0, 0.1) is 0 Å². The molecule has 160 valence electrons. The van der Waals surface area contributed by atoms with Crippen molar-refractivity contribution in [3.8, 4) is 0 Å². The number of nitrogens with one attached hydrogen (secondary N) is 1. The van der Waals surface area contributed by atoms with E-state index < -0.39 is 10.0 Å². The third-order valence-corrected chi connectivity index (χ3v) is 7.20. The van der Waals surface area contributed by atoms with Gasteiger partial charge < -0.3 is 9.64 Å². The fourth-order valence-corrected chi connectivity index (χ4v) is 5.10. The summed E-state index contributed by atoms with van der Waals surface area (Å²) in [6, 6.07) is 10.1. The largest absolute Gasteiger partial charge is 0.377 e. The lowest BCUT2D eigenvalue weighted by Gasteiger charge is -2.22. The van der Waals surface area contributed by atoms with Gasteiger partial charge in [-0.15, -0.1) is 0 Å². The van der Waals surface area contributed by atoms with Gasteiger partial charge in [0.15, 0.2) is 0 Å². The number of amides is 1. The highest BCUT2D eigenvalue weighted by Crippen LogP contribution is 2.31. The predicted octanol–water partition coefficient (Wildman–Crippen LogP) is 3.00. The van der Waals surface area contributed by atoms with Crippen molar-refractivity contribution in [3.63, 3.8) is 0 Å². The van der Waals surface area contributed by atoms with E-state index in [-0.39, 0.29) is 34.5 Å². The van der Waals surface area contributed by atoms with Crippen LogP contribution in [-0.2, 0) is 21.3 Å². The second kappa shape index (κ2) is 9.01. The van der Waals surface area contributed by atoms with E-state index in [9.17, 15) is 13.2 Å². The summed E-state index contributed by atoms with van der Waals surface area (Å²) in [4.78, 5) is 19.2. The van der Waals surface area contributed by atoms with Gasteiger partial charge in [-0.2, -0.15) is 0 Å². The van der Waals surface area contributed by atoms with Gasteiger partial charge in [-0.1, -0.05) is 17.7 Å². The molecule has 30 heavy (non-hydrogen) atoms. The number of hydrogen-bond donors (Lipinski definition) is 1. The molecule has 1 N–H and O–H groups in total. The van der Waals surface area contributed by atoms with Crippen molar-refractivity contribution in [1.82, 2.24) is 14.6 Å². The molecular weight excluding hydrogens is 426 g/mol. The summed E-state index contributed by atoms with van der Waals surface area (Å²) in [6.07, 6.45) is 5.16. The van der Waals surface area contributed by atoms with Crippen molar-refractivity contribution in [2.45, 2.75) is 49.3 Å². The fraction of sp³-hybridized carbons (Fsp3) is 0.429. The Kier molecular flexibility index (Phi) is 6.38. The summed E-state index contributed by atoms with van der Waals surface area (Å²) in [5, 5.41) is 0.0779. The van der Waals surface area contributed by atoms with Crippen LogP contribution in [0.5, 0.6) is 0 Å². The normalized spacial score (nSPS) is 19.0. The molecule has 4 rings (SSSR count). The van der Waals surface area contributed by atoms with Crippen LogP contribution in [0.2, 0.25) is 5.02 Å². The molecule has 1 aliphatic carbocycles. The highest BCUT2D eigenvalue weighted by molar-refractivity contribution is 7.89. The summed E-state index contributed by atoms with van der Waals surface area (Å²) in [6.45, 7) is 1.21. The number of benzene rings is 1. The zero-order chi connectivity index (χ0) is 21.1. The number of nitrogens with zero attached hydrogens (tertiary/aromatic N) is 2. The Labute approximate surface area is 181 Å². The fourth-order valence-electron chi connectivity index (χ4n) is 3.51. The summed E-state index contributed by atoms with van der Waals surface area (Å²) in [5.41, 5.74) is 1.08. The average Bonchev–Trinajstić information content (AvgIpc) is 3.45. The van der Waals surface area contributed by atoms with E-state index >= 15 is 0 Å². The third kappa shape index (κ3) is 5.00. The first-order chi connectivity index (χ1) is 14.4. The van der Waals surface area contributed by atoms with Crippen molar-refractivity contribution in [2.75, 3.05) is 13.2 Å². The number of pyridine rings is 1. The highest BCUT2D eigenvalue weighted by atomic mass is 35.5. The van der Waals surface area contributed by atoms with Crippen molar-refractivity contribution in [3.05, 3.63) is 58.9 Å². The lowest BCUT2D eigenvalue weighted by molar-refractivity contribution is 0.0727. The maximum atomic E-state index is 13.2. The van der Waals surface area contributed by atoms with E-state index in [1.807, 2.05) is 18.2 Å². The van der Waals surface area contributed by atoms with Gasteiger partial charge in [0, 0.05) is 31.0 Å². The maximum Gasteiger partial charge on any atom is 0.254 e. The molecule has 1 amide bonds. The summed E-state index contributed by atoms with van der Waals surface area (Å²) >= 11 is 6.18. The van der Waals surface area contributed by atoms with Crippen LogP contribution >= 0.6 is 11.6 Å². The summed E-state index contributed by atoms with van der Waals surface area (Å²) in [5.74, 6) is -0.226. The van der Waals surface area contributed by atoms with Crippen LogP contribution in [0.4, 0.5) is 0 Å². The molecule has 2 aromatic rings. The van der Waals surface area contributed by atoms with Gasteiger partial charge in [-0.3, -0.25) is 9.78 Å². The van der Waals surface area contributed by atoms with Gasteiger partial charge in [0.1, 0.15) is 4.90 Å². The highest BCUT2D eigenvalue weighted by Gasteiger charge is 2.34. The Balaban J connectivity index is 1.54. The monoisotopic (exact) mass is 449 g/mol. The predicted molar refractivity (Wildman–Crippen MR) is 113 cm³/mol. The van der Waals surface area contributed by atoms with Crippen molar-refractivity contribution < 1.29 is 17.9 Å². The minimum atomic E-state index is -3.87. The van der Waals surface area contributed by atoms with E-state index in [2.05, 4.69) is 9.71 Å². The first kappa shape index (κ1) is 21.2. The molecule has 1 saturated heterocycles. The van der Waals surface area contributed by atoms with E-state index in [1.54, 1.807) is 17.2 Å². The first-order valence-electron chi connectivity index (χ1n) is 10.1. The van der Waals surface area contributed by atoms with Gasteiger partial charge >= 0.3 is 0 Å². The van der Waals surface area contributed by atoms with Gasteiger partial charge in [-0.25, -0.2) is 13.1 Å². The van der Waals surface area contributed by atoms with Crippen LogP contribution in [0.3, 0.4) is 0 Å². The topological polar surface area (TPSA) is 88.6 Å². The minimum Gasteiger partial charge on any atom is -0.377 e. The molecule has 1 aliphatic heterocycles. The molecule has 1 saturated carbocycles. The Bertz CT molecular complexity index is 1010. The van der Waals surface area contributed by atoms with Crippen LogP contribution in [0.25, 0.3) is 0 Å². The van der Waals surface area contributed by atoms with Gasteiger partial charge in [0.2, 0.25) is 10.0 Å². The number of hydrogen-bond acceptors (Lipinski definition) is 5. The van der Waals surface area contributed by atoms with E-state index in [0.717, 1.165) is 31.4 Å². The molecule has 0 bridgehead atoms. The summed E-state index contributed by atoms with van der Waals surface area (Å²) in [7, 11) is -3.87. The molecule has 0 spiro atoms. The van der Waals surface area contributed by atoms with E-state index in [4.69, 9.17) is 16.3 Å². The third-order valence-electron chi connectivity index (χ3n) is 5.30. The van der Waals surface area contributed by atoms with Crippen molar-refractivity contribution in [2.24, 2.45) is 0 Å². The van der Waals surface area contributed by atoms with Crippen molar-refractivity contribution in [1.29, 1.82) is 0 Å². The molecule has 2 aliphatic rings. The molecule has 1 unspecified atom stereocenters.